The second-order valence-electron chi connectivity index (χ2n) is 3.12. The van der Waals surface area contributed by atoms with E-state index in [-0.39, 0.29) is 5.38 Å². The summed E-state index contributed by atoms with van der Waals surface area (Å²) in [6, 6.07) is 3.73. The Labute approximate surface area is 102 Å². The second-order valence-corrected chi connectivity index (χ2v) is 4.79. The molecular formula is C10H10ClN3OS. The summed E-state index contributed by atoms with van der Waals surface area (Å²) < 4.78 is 5.16. The van der Waals surface area contributed by atoms with Gasteiger partial charge in [-0.1, -0.05) is 11.3 Å². The summed E-state index contributed by atoms with van der Waals surface area (Å²) in [6.45, 7) is 1.87. The standard InChI is InChI=1S/C10H10ClN3OS/c1-6(11)9-13-14-10(16-9)7-4-3-5-12-8(7)15-2/h3-6H,1-2H3. The number of ether oxygens (including phenoxy) is 1. The third-order valence-corrected chi connectivity index (χ3v) is 3.45. The molecule has 0 amide bonds. The van der Waals surface area contributed by atoms with Crippen LogP contribution in [-0.4, -0.2) is 22.3 Å². The van der Waals surface area contributed by atoms with E-state index in [0.717, 1.165) is 15.6 Å². The molecular weight excluding hydrogens is 246 g/mol. The van der Waals surface area contributed by atoms with Gasteiger partial charge in [-0.05, 0) is 19.1 Å². The van der Waals surface area contributed by atoms with Gasteiger partial charge in [0, 0.05) is 6.20 Å². The molecule has 0 spiro atoms. The van der Waals surface area contributed by atoms with Crippen LogP contribution >= 0.6 is 22.9 Å². The molecule has 2 aromatic heterocycles. The molecule has 4 nitrogen and oxygen atoms in total. The fourth-order valence-electron chi connectivity index (χ4n) is 1.22. The smallest absolute Gasteiger partial charge is 0.223 e. The zero-order valence-electron chi connectivity index (χ0n) is 8.85. The maximum absolute atomic E-state index is 5.94. The molecule has 1 unspecified atom stereocenters. The lowest BCUT2D eigenvalue weighted by Crippen LogP contribution is -1.90. The first kappa shape index (κ1) is 11.3. The monoisotopic (exact) mass is 255 g/mol. The number of alkyl halides is 1. The summed E-state index contributed by atoms with van der Waals surface area (Å²) >= 11 is 7.39. The number of halogens is 1. The van der Waals surface area contributed by atoms with Crippen molar-refractivity contribution in [3.63, 3.8) is 0 Å². The molecule has 6 heteroatoms. The first-order chi connectivity index (χ1) is 7.72. The highest BCUT2D eigenvalue weighted by Crippen LogP contribution is 2.33. The zero-order valence-corrected chi connectivity index (χ0v) is 10.4. The van der Waals surface area contributed by atoms with Crippen LogP contribution in [0, 0.1) is 0 Å². The van der Waals surface area contributed by atoms with Crippen molar-refractivity contribution in [3.05, 3.63) is 23.3 Å². The van der Waals surface area contributed by atoms with Gasteiger partial charge in [-0.15, -0.1) is 21.8 Å². The molecule has 0 fully saturated rings. The van der Waals surface area contributed by atoms with Gasteiger partial charge in [0.2, 0.25) is 5.88 Å². The minimum absolute atomic E-state index is 0.131. The van der Waals surface area contributed by atoms with Crippen LogP contribution in [0.4, 0.5) is 0 Å². The largest absolute Gasteiger partial charge is 0.480 e. The quantitative estimate of drug-likeness (QED) is 0.792. The average molecular weight is 256 g/mol. The lowest BCUT2D eigenvalue weighted by atomic mass is 10.3. The Morgan fingerprint density at radius 3 is 2.88 bits per heavy atom. The topological polar surface area (TPSA) is 47.9 Å². The maximum atomic E-state index is 5.94. The van der Waals surface area contributed by atoms with Crippen LogP contribution < -0.4 is 4.74 Å². The van der Waals surface area contributed by atoms with Crippen LogP contribution in [0.2, 0.25) is 0 Å². The molecule has 0 aliphatic rings. The van der Waals surface area contributed by atoms with Gasteiger partial charge in [0.05, 0.1) is 18.1 Å². The van der Waals surface area contributed by atoms with Gasteiger partial charge < -0.3 is 4.74 Å². The first-order valence-corrected chi connectivity index (χ1v) is 5.94. The van der Waals surface area contributed by atoms with E-state index in [1.165, 1.54) is 11.3 Å². The predicted octanol–water partition coefficient (Wildman–Crippen LogP) is 2.91. The molecule has 2 rings (SSSR count). The fourth-order valence-corrected chi connectivity index (χ4v) is 2.19. The average Bonchev–Trinajstić information content (AvgIpc) is 2.78. The molecule has 2 aromatic rings. The highest BCUT2D eigenvalue weighted by atomic mass is 35.5. The van der Waals surface area contributed by atoms with E-state index in [9.17, 15) is 0 Å². The van der Waals surface area contributed by atoms with Gasteiger partial charge in [0.25, 0.3) is 0 Å². The molecule has 1 atom stereocenters. The molecule has 84 valence electrons. The normalized spacial score (nSPS) is 12.4. The Morgan fingerprint density at radius 2 is 2.25 bits per heavy atom. The minimum atomic E-state index is -0.131. The van der Waals surface area contributed by atoms with Crippen LogP contribution in [0.3, 0.4) is 0 Å². The molecule has 0 saturated heterocycles. The van der Waals surface area contributed by atoms with Crippen LogP contribution in [0.1, 0.15) is 17.3 Å². The Balaban J connectivity index is 2.42. The van der Waals surface area contributed by atoms with Crippen molar-refractivity contribution in [1.29, 1.82) is 0 Å². The predicted molar refractivity (Wildman–Crippen MR) is 64.0 cm³/mol. The summed E-state index contributed by atoms with van der Waals surface area (Å²) in [5.74, 6) is 0.549. The Bertz CT molecular complexity index is 486. The van der Waals surface area contributed by atoms with Crippen molar-refractivity contribution >= 4 is 22.9 Å². The van der Waals surface area contributed by atoms with Gasteiger partial charge in [-0.2, -0.15) is 0 Å². The van der Waals surface area contributed by atoms with Crippen molar-refractivity contribution in [3.8, 4) is 16.5 Å². The van der Waals surface area contributed by atoms with Crippen molar-refractivity contribution in [2.45, 2.75) is 12.3 Å². The number of pyridine rings is 1. The van der Waals surface area contributed by atoms with Crippen molar-refractivity contribution in [1.82, 2.24) is 15.2 Å². The van der Waals surface area contributed by atoms with E-state index < -0.39 is 0 Å². The van der Waals surface area contributed by atoms with Crippen LogP contribution in [0.5, 0.6) is 5.88 Å². The molecule has 0 aliphatic carbocycles. The number of methoxy groups -OCH3 is 1. The summed E-state index contributed by atoms with van der Waals surface area (Å²) in [4.78, 5) is 4.11. The Morgan fingerprint density at radius 1 is 1.44 bits per heavy atom. The van der Waals surface area contributed by atoms with Gasteiger partial charge in [0.15, 0.2) is 5.01 Å². The molecule has 0 N–H and O–H groups in total. The SMILES string of the molecule is COc1ncccc1-c1nnc(C(C)Cl)s1. The van der Waals surface area contributed by atoms with Gasteiger partial charge >= 0.3 is 0 Å². The van der Waals surface area contributed by atoms with Crippen molar-refractivity contribution < 1.29 is 4.74 Å². The Kier molecular flexibility index (Phi) is 3.36. The molecule has 2 heterocycles. The number of hydrogen-bond acceptors (Lipinski definition) is 5. The summed E-state index contributed by atoms with van der Waals surface area (Å²) in [7, 11) is 1.58. The fraction of sp³-hybridized carbons (Fsp3) is 0.300. The molecule has 0 radical (unpaired) electrons. The first-order valence-electron chi connectivity index (χ1n) is 4.69. The van der Waals surface area contributed by atoms with E-state index in [1.54, 1.807) is 13.3 Å². The van der Waals surface area contributed by atoms with Gasteiger partial charge in [-0.3, -0.25) is 0 Å². The third-order valence-electron chi connectivity index (χ3n) is 1.98. The number of hydrogen-bond donors (Lipinski definition) is 0. The van der Waals surface area contributed by atoms with Crippen molar-refractivity contribution in [2.75, 3.05) is 7.11 Å². The van der Waals surface area contributed by atoms with E-state index in [1.807, 2.05) is 19.1 Å². The number of nitrogens with zero attached hydrogens (tertiary/aromatic N) is 3. The molecule has 0 bridgehead atoms. The second kappa shape index (κ2) is 4.76. The molecule has 0 saturated carbocycles. The van der Waals surface area contributed by atoms with E-state index >= 15 is 0 Å². The highest BCUT2D eigenvalue weighted by Gasteiger charge is 2.14. The van der Waals surface area contributed by atoms with Crippen molar-refractivity contribution in [2.24, 2.45) is 0 Å². The van der Waals surface area contributed by atoms with Crippen LogP contribution in [-0.2, 0) is 0 Å². The van der Waals surface area contributed by atoms with E-state index in [0.29, 0.717) is 5.88 Å². The summed E-state index contributed by atoms with van der Waals surface area (Å²) in [5.41, 5.74) is 0.839. The summed E-state index contributed by atoms with van der Waals surface area (Å²) in [6.07, 6.45) is 1.68. The number of aromatic nitrogens is 3. The van der Waals surface area contributed by atoms with Gasteiger partial charge in [0.1, 0.15) is 5.01 Å². The van der Waals surface area contributed by atoms with Crippen LogP contribution in [0.15, 0.2) is 18.3 Å². The third kappa shape index (κ3) is 2.15. The maximum Gasteiger partial charge on any atom is 0.223 e. The number of rotatable bonds is 3. The van der Waals surface area contributed by atoms with Gasteiger partial charge in [-0.25, -0.2) is 4.98 Å². The molecule has 16 heavy (non-hydrogen) atoms. The van der Waals surface area contributed by atoms with E-state index in [2.05, 4.69) is 15.2 Å². The molecule has 0 aromatic carbocycles. The van der Waals surface area contributed by atoms with Crippen LogP contribution in [0.25, 0.3) is 10.6 Å². The summed E-state index contributed by atoms with van der Waals surface area (Å²) in [5, 5.41) is 9.54. The lowest BCUT2D eigenvalue weighted by molar-refractivity contribution is 0.399. The van der Waals surface area contributed by atoms with E-state index in [4.69, 9.17) is 16.3 Å². The molecule has 0 aliphatic heterocycles. The minimum Gasteiger partial charge on any atom is -0.480 e. The highest BCUT2D eigenvalue weighted by molar-refractivity contribution is 7.15. The Hall–Kier alpha value is -1.20. The lowest BCUT2D eigenvalue weighted by Gasteiger charge is -2.02. The zero-order chi connectivity index (χ0) is 11.5.